The number of para-hydroxylation sites is 1. The second-order valence-corrected chi connectivity index (χ2v) is 5.98. The highest BCUT2D eigenvalue weighted by atomic mass is 19.1. The maximum atomic E-state index is 13.7. The SMILES string of the molecule is COc1cccc(NC(=O)N2CCC[C@H]2C(=O)Nc2ccccc2F)c1. The largest absolute Gasteiger partial charge is 0.497 e. The smallest absolute Gasteiger partial charge is 0.322 e. The first-order chi connectivity index (χ1) is 12.6. The highest BCUT2D eigenvalue weighted by Crippen LogP contribution is 2.23. The molecular formula is C19H20FN3O3. The molecule has 2 N–H and O–H groups in total. The summed E-state index contributed by atoms with van der Waals surface area (Å²) in [5.41, 5.74) is 0.687. The summed E-state index contributed by atoms with van der Waals surface area (Å²) in [6.45, 7) is 0.463. The van der Waals surface area contributed by atoms with Gasteiger partial charge in [-0.3, -0.25) is 4.79 Å². The Morgan fingerprint density at radius 2 is 1.96 bits per heavy atom. The van der Waals surface area contributed by atoms with E-state index in [0.29, 0.717) is 30.8 Å². The molecule has 1 atom stereocenters. The Balaban J connectivity index is 1.68. The Kier molecular flexibility index (Phi) is 5.36. The summed E-state index contributed by atoms with van der Waals surface area (Å²) in [4.78, 5) is 26.6. The summed E-state index contributed by atoms with van der Waals surface area (Å²) >= 11 is 0. The average molecular weight is 357 g/mol. The Morgan fingerprint density at radius 1 is 1.15 bits per heavy atom. The molecule has 1 aliphatic heterocycles. The Morgan fingerprint density at radius 3 is 2.73 bits per heavy atom. The van der Waals surface area contributed by atoms with Crippen molar-refractivity contribution in [2.75, 3.05) is 24.3 Å². The molecule has 3 rings (SSSR count). The molecule has 2 aromatic rings. The molecule has 136 valence electrons. The molecule has 26 heavy (non-hydrogen) atoms. The molecule has 1 fully saturated rings. The number of nitrogens with zero attached hydrogens (tertiary/aromatic N) is 1. The van der Waals surface area contributed by atoms with Crippen LogP contribution in [0.2, 0.25) is 0 Å². The van der Waals surface area contributed by atoms with Gasteiger partial charge in [-0.25, -0.2) is 9.18 Å². The van der Waals surface area contributed by atoms with Crippen molar-refractivity contribution in [3.63, 3.8) is 0 Å². The normalized spacial score (nSPS) is 16.2. The van der Waals surface area contributed by atoms with Crippen molar-refractivity contribution in [3.05, 3.63) is 54.3 Å². The monoisotopic (exact) mass is 357 g/mol. The third kappa shape index (κ3) is 3.93. The van der Waals surface area contributed by atoms with Gasteiger partial charge in [-0.2, -0.15) is 0 Å². The number of nitrogens with one attached hydrogen (secondary N) is 2. The van der Waals surface area contributed by atoms with E-state index in [2.05, 4.69) is 10.6 Å². The molecule has 1 heterocycles. The first kappa shape index (κ1) is 17.7. The molecular weight excluding hydrogens is 337 g/mol. The van der Waals surface area contributed by atoms with Crippen LogP contribution in [-0.2, 0) is 4.79 Å². The highest BCUT2D eigenvalue weighted by Gasteiger charge is 2.34. The molecule has 0 aliphatic carbocycles. The maximum absolute atomic E-state index is 13.7. The van der Waals surface area contributed by atoms with Crippen LogP contribution in [0.3, 0.4) is 0 Å². The van der Waals surface area contributed by atoms with Gasteiger partial charge in [0.15, 0.2) is 0 Å². The molecule has 6 nitrogen and oxygen atoms in total. The third-order valence-corrected chi connectivity index (χ3v) is 4.27. The summed E-state index contributed by atoms with van der Waals surface area (Å²) in [5, 5.41) is 5.34. The predicted molar refractivity (Wildman–Crippen MR) is 96.8 cm³/mol. The van der Waals surface area contributed by atoms with Gasteiger partial charge in [0.25, 0.3) is 0 Å². The second kappa shape index (κ2) is 7.86. The number of anilines is 2. The van der Waals surface area contributed by atoms with E-state index in [9.17, 15) is 14.0 Å². The van der Waals surface area contributed by atoms with E-state index in [-0.39, 0.29) is 11.7 Å². The third-order valence-electron chi connectivity index (χ3n) is 4.27. The van der Waals surface area contributed by atoms with Crippen molar-refractivity contribution >= 4 is 23.3 Å². The van der Waals surface area contributed by atoms with E-state index < -0.39 is 17.8 Å². The number of ether oxygens (including phenoxy) is 1. The van der Waals surface area contributed by atoms with Crippen LogP contribution in [0.1, 0.15) is 12.8 Å². The first-order valence-electron chi connectivity index (χ1n) is 8.35. The van der Waals surface area contributed by atoms with Gasteiger partial charge in [0.1, 0.15) is 17.6 Å². The number of carbonyl (C=O) groups is 2. The standard InChI is InChI=1S/C19H20FN3O3/c1-26-14-7-4-6-13(12-14)21-19(25)23-11-5-10-17(23)18(24)22-16-9-3-2-8-15(16)20/h2-4,6-9,12,17H,5,10-11H2,1H3,(H,21,25)(H,22,24)/t17-/m0/s1. The highest BCUT2D eigenvalue weighted by molar-refractivity contribution is 5.99. The van der Waals surface area contributed by atoms with Crippen LogP contribution in [0.25, 0.3) is 0 Å². The number of carbonyl (C=O) groups excluding carboxylic acids is 2. The first-order valence-corrected chi connectivity index (χ1v) is 8.35. The zero-order valence-electron chi connectivity index (χ0n) is 14.4. The van der Waals surface area contributed by atoms with Gasteiger partial charge < -0.3 is 20.3 Å². The number of benzene rings is 2. The fourth-order valence-corrected chi connectivity index (χ4v) is 2.96. The van der Waals surface area contributed by atoms with Crippen LogP contribution in [0, 0.1) is 5.82 Å². The number of hydrogen-bond donors (Lipinski definition) is 2. The quantitative estimate of drug-likeness (QED) is 0.880. The number of rotatable bonds is 4. The summed E-state index contributed by atoms with van der Waals surface area (Å²) < 4.78 is 18.9. The van der Waals surface area contributed by atoms with Crippen LogP contribution in [-0.4, -0.2) is 36.5 Å². The fourth-order valence-electron chi connectivity index (χ4n) is 2.96. The lowest BCUT2D eigenvalue weighted by Gasteiger charge is -2.24. The van der Waals surface area contributed by atoms with Gasteiger partial charge in [-0.1, -0.05) is 18.2 Å². The van der Waals surface area contributed by atoms with Crippen LogP contribution in [0.4, 0.5) is 20.6 Å². The molecule has 0 unspecified atom stereocenters. The molecule has 0 radical (unpaired) electrons. The van der Waals surface area contributed by atoms with Gasteiger partial charge in [0.2, 0.25) is 5.91 Å². The lowest BCUT2D eigenvalue weighted by atomic mass is 10.2. The van der Waals surface area contributed by atoms with Gasteiger partial charge in [-0.15, -0.1) is 0 Å². The van der Waals surface area contributed by atoms with Crippen molar-refractivity contribution < 1.29 is 18.7 Å². The van der Waals surface area contributed by atoms with Crippen LogP contribution in [0.15, 0.2) is 48.5 Å². The molecule has 0 aromatic heterocycles. The van der Waals surface area contributed by atoms with Crippen molar-refractivity contribution in [1.29, 1.82) is 0 Å². The van der Waals surface area contributed by atoms with Gasteiger partial charge in [0, 0.05) is 18.3 Å². The number of hydrogen-bond acceptors (Lipinski definition) is 3. The van der Waals surface area contributed by atoms with Crippen molar-refractivity contribution in [1.82, 2.24) is 4.90 Å². The number of amides is 3. The molecule has 3 amide bonds. The summed E-state index contributed by atoms with van der Waals surface area (Å²) in [6, 6.07) is 11.9. The Bertz CT molecular complexity index is 812. The summed E-state index contributed by atoms with van der Waals surface area (Å²) in [7, 11) is 1.55. The molecule has 0 saturated carbocycles. The van der Waals surface area contributed by atoms with E-state index in [4.69, 9.17) is 4.74 Å². The molecule has 7 heteroatoms. The fraction of sp³-hybridized carbons (Fsp3) is 0.263. The Labute approximate surface area is 150 Å². The van der Waals surface area contributed by atoms with Crippen molar-refractivity contribution in [2.45, 2.75) is 18.9 Å². The van der Waals surface area contributed by atoms with Crippen molar-refractivity contribution in [2.24, 2.45) is 0 Å². The van der Waals surface area contributed by atoms with E-state index in [0.717, 1.165) is 0 Å². The van der Waals surface area contributed by atoms with E-state index in [1.807, 2.05) is 0 Å². The van der Waals surface area contributed by atoms with Gasteiger partial charge in [-0.05, 0) is 37.1 Å². The van der Waals surface area contributed by atoms with E-state index in [1.54, 1.807) is 43.5 Å². The number of halogens is 1. The lowest BCUT2D eigenvalue weighted by Crippen LogP contribution is -2.45. The van der Waals surface area contributed by atoms with E-state index >= 15 is 0 Å². The van der Waals surface area contributed by atoms with Gasteiger partial charge in [0.05, 0.1) is 12.8 Å². The minimum atomic E-state index is -0.639. The minimum absolute atomic E-state index is 0.109. The molecule has 0 bridgehead atoms. The second-order valence-electron chi connectivity index (χ2n) is 5.98. The van der Waals surface area contributed by atoms with Crippen LogP contribution >= 0.6 is 0 Å². The molecule has 1 saturated heterocycles. The topological polar surface area (TPSA) is 70.7 Å². The maximum Gasteiger partial charge on any atom is 0.322 e. The zero-order valence-corrected chi connectivity index (χ0v) is 14.4. The molecule has 1 aliphatic rings. The minimum Gasteiger partial charge on any atom is -0.497 e. The lowest BCUT2D eigenvalue weighted by molar-refractivity contribution is -0.119. The van der Waals surface area contributed by atoms with Crippen LogP contribution < -0.4 is 15.4 Å². The number of methoxy groups -OCH3 is 1. The van der Waals surface area contributed by atoms with E-state index in [1.165, 1.54) is 17.0 Å². The summed E-state index contributed by atoms with van der Waals surface area (Å²) in [5.74, 6) is -0.280. The molecule has 2 aromatic carbocycles. The average Bonchev–Trinajstić information content (AvgIpc) is 3.14. The molecule has 0 spiro atoms. The number of urea groups is 1. The van der Waals surface area contributed by atoms with Crippen LogP contribution in [0.5, 0.6) is 5.75 Å². The number of likely N-dealkylation sites (tertiary alicyclic amines) is 1. The predicted octanol–water partition coefficient (Wildman–Crippen LogP) is 3.47. The Hall–Kier alpha value is -3.09. The van der Waals surface area contributed by atoms with Crippen molar-refractivity contribution in [3.8, 4) is 5.75 Å². The zero-order chi connectivity index (χ0) is 18.5. The van der Waals surface area contributed by atoms with Gasteiger partial charge >= 0.3 is 6.03 Å². The summed E-state index contributed by atoms with van der Waals surface area (Å²) in [6.07, 6.45) is 1.24.